The van der Waals surface area contributed by atoms with Crippen molar-refractivity contribution in [2.45, 2.75) is 52.3 Å². The minimum absolute atomic E-state index is 0.126. The topological polar surface area (TPSA) is 81.2 Å². The molecule has 0 radical (unpaired) electrons. The highest BCUT2D eigenvalue weighted by Gasteiger charge is 2.28. The van der Waals surface area contributed by atoms with Crippen LogP contribution < -0.4 is 10.1 Å². The van der Waals surface area contributed by atoms with Crippen molar-refractivity contribution in [2.24, 2.45) is 5.92 Å². The molecule has 3 rings (SSSR count). The summed E-state index contributed by atoms with van der Waals surface area (Å²) in [6.45, 7) is 2.19. The molecule has 1 saturated carbocycles. The number of aryl methyl sites for hydroxylation is 2. The van der Waals surface area contributed by atoms with E-state index in [1.165, 1.54) is 12.3 Å². The van der Waals surface area contributed by atoms with Crippen molar-refractivity contribution in [1.82, 2.24) is 15.3 Å². The predicted octanol–water partition coefficient (Wildman–Crippen LogP) is 3.88. The molecule has 2 aromatic rings. The van der Waals surface area contributed by atoms with E-state index < -0.39 is 12.8 Å². The Balaban J connectivity index is 1.59. The second kappa shape index (κ2) is 9.45. The number of Topliss-reactive ketones (excluding diaryl/α,β-unsaturated/α-hetero) is 1. The summed E-state index contributed by atoms with van der Waals surface area (Å²) in [6.07, 6.45) is -0.0882. The molecule has 1 N–H and O–H groups in total. The first-order chi connectivity index (χ1) is 14.6. The Morgan fingerprint density at radius 2 is 1.94 bits per heavy atom. The van der Waals surface area contributed by atoms with Gasteiger partial charge in [-0.15, -0.1) is 0 Å². The van der Waals surface area contributed by atoms with E-state index in [-0.39, 0.29) is 30.5 Å². The molecule has 0 spiro atoms. The third-order valence-corrected chi connectivity index (χ3v) is 4.88. The van der Waals surface area contributed by atoms with Crippen LogP contribution >= 0.6 is 0 Å². The van der Waals surface area contributed by atoms with Crippen molar-refractivity contribution in [3.63, 3.8) is 0 Å². The van der Waals surface area contributed by atoms with E-state index >= 15 is 0 Å². The zero-order valence-electron chi connectivity index (χ0n) is 17.4. The standard InChI is InChI=1S/C22H24F3N3O3/c1-13-5-20(31-12-22(23,24)25)26-10-17(13)11-27-21(30)16-6-14(2)28-18(8-16)9-19(29)7-15-3-4-15/h5-6,8,10,15H,3-4,7,9,11-12H2,1-2H3,(H,27,30). The van der Waals surface area contributed by atoms with Gasteiger partial charge in [-0.1, -0.05) is 0 Å². The van der Waals surface area contributed by atoms with Gasteiger partial charge in [0.2, 0.25) is 5.88 Å². The number of alkyl halides is 3. The molecule has 0 aliphatic heterocycles. The summed E-state index contributed by atoms with van der Waals surface area (Å²) in [7, 11) is 0. The Bertz CT molecular complexity index is 972. The van der Waals surface area contributed by atoms with Crippen molar-refractivity contribution < 1.29 is 27.5 Å². The van der Waals surface area contributed by atoms with E-state index in [0.717, 1.165) is 12.8 Å². The zero-order valence-corrected chi connectivity index (χ0v) is 17.4. The minimum Gasteiger partial charge on any atom is -0.468 e. The Morgan fingerprint density at radius 3 is 2.58 bits per heavy atom. The first-order valence-corrected chi connectivity index (χ1v) is 10.0. The van der Waals surface area contributed by atoms with Gasteiger partial charge in [0.15, 0.2) is 6.61 Å². The molecule has 1 amide bonds. The van der Waals surface area contributed by atoms with Crippen LogP contribution in [0.15, 0.2) is 24.4 Å². The van der Waals surface area contributed by atoms with Crippen LogP contribution in [-0.4, -0.2) is 34.4 Å². The lowest BCUT2D eigenvalue weighted by Crippen LogP contribution is -2.24. The van der Waals surface area contributed by atoms with Gasteiger partial charge in [-0.05, 0) is 55.9 Å². The highest BCUT2D eigenvalue weighted by atomic mass is 19.4. The summed E-state index contributed by atoms with van der Waals surface area (Å²) in [5.41, 5.74) is 2.91. The number of ketones is 1. The highest BCUT2D eigenvalue weighted by molar-refractivity contribution is 5.94. The highest BCUT2D eigenvalue weighted by Crippen LogP contribution is 2.32. The number of rotatable bonds is 9. The van der Waals surface area contributed by atoms with Crippen molar-refractivity contribution in [1.29, 1.82) is 0 Å². The van der Waals surface area contributed by atoms with Gasteiger partial charge in [0.25, 0.3) is 5.91 Å². The van der Waals surface area contributed by atoms with E-state index in [1.807, 2.05) is 0 Å². The normalized spacial score (nSPS) is 13.7. The molecule has 1 fully saturated rings. The molecule has 0 atom stereocenters. The van der Waals surface area contributed by atoms with Gasteiger partial charge in [-0.3, -0.25) is 14.6 Å². The van der Waals surface area contributed by atoms with Gasteiger partial charge < -0.3 is 10.1 Å². The lowest BCUT2D eigenvalue weighted by Gasteiger charge is -2.12. The van der Waals surface area contributed by atoms with Crippen LogP contribution in [0.3, 0.4) is 0 Å². The number of halogens is 3. The summed E-state index contributed by atoms with van der Waals surface area (Å²) >= 11 is 0. The number of carbonyl (C=O) groups excluding carboxylic acids is 2. The number of hydrogen-bond donors (Lipinski definition) is 1. The molecule has 9 heteroatoms. The predicted molar refractivity (Wildman–Crippen MR) is 107 cm³/mol. The van der Waals surface area contributed by atoms with Crippen molar-refractivity contribution in [3.05, 3.63) is 52.5 Å². The molecule has 0 aromatic carbocycles. The second-order valence-corrected chi connectivity index (χ2v) is 7.89. The van der Waals surface area contributed by atoms with E-state index in [4.69, 9.17) is 0 Å². The number of nitrogens with one attached hydrogen (secondary N) is 1. The Labute approximate surface area is 178 Å². The summed E-state index contributed by atoms with van der Waals surface area (Å²) < 4.78 is 41.4. The van der Waals surface area contributed by atoms with E-state index in [2.05, 4.69) is 20.0 Å². The van der Waals surface area contributed by atoms with Gasteiger partial charge in [0, 0.05) is 48.6 Å². The molecule has 166 valence electrons. The van der Waals surface area contributed by atoms with E-state index in [0.29, 0.717) is 40.4 Å². The van der Waals surface area contributed by atoms with Gasteiger partial charge in [-0.2, -0.15) is 13.2 Å². The number of aromatic nitrogens is 2. The molecule has 2 aromatic heterocycles. The van der Waals surface area contributed by atoms with Crippen molar-refractivity contribution in [3.8, 4) is 5.88 Å². The number of hydrogen-bond acceptors (Lipinski definition) is 5. The average molecular weight is 435 g/mol. The fraction of sp³-hybridized carbons (Fsp3) is 0.455. The molecule has 2 heterocycles. The molecule has 6 nitrogen and oxygen atoms in total. The van der Waals surface area contributed by atoms with E-state index in [9.17, 15) is 22.8 Å². The maximum Gasteiger partial charge on any atom is 0.422 e. The number of carbonyl (C=O) groups is 2. The molecule has 1 aliphatic carbocycles. The lowest BCUT2D eigenvalue weighted by atomic mass is 10.1. The Hall–Kier alpha value is -2.97. The largest absolute Gasteiger partial charge is 0.468 e. The van der Waals surface area contributed by atoms with Gasteiger partial charge in [-0.25, -0.2) is 4.98 Å². The van der Waals surface area contributed by atoms with Crippen LogP contribution in [-0.2, 0) is 17.8 Å². The monoisotopic (exact) mass is 435 g/mol. The van der Waals surface area contributed by atoms with Crippen LogP contribution in [0.25, 0.3) is 0 Å². The van der Waals surface area contributed by atoms with Gasteiger partial charge >= 0.3 is 6.18 Å². The first kappa shape index (κ1) is 22.7. The summed E-state index contributed by atoms with van der Waals surface area (Å²) in [4.78, 5) is 32.9. The van der Waals surface area contributed by atoms with Crippen LogP contribution in [0.4, 0.5) is 13.2 Å². The van der Waals surface area contributed by atoms with Gasteiger partial charge in [0.1, 0.15) is 5.78 Å². The van der Waals surface area contributed by atoms with Crippen molar-refractivity contribution >= 4 is 11.7 Å². The number of nitrogens with zero attached hydrogens (tertiary/aromatic N) is 2. The zero-order chi connectivity index (χ0) is 22.6. The summed E-state index contributed by atoms with van der Waals surface area (Å²) in [6, 6.07) is 4.66. The molecule has 0 bridgehead atoms. The van der Waals surface area contributed by atoms with Crippen LogP contribution in [0.2, 0.25) is 0 Å². The fourth-order valence-corrected chi connectivity index (χ4v) is 3.13. The minimum atomic E-state index is -4.44. The third kappa shape index (κ3) is 7.34. The fourth-order valence-electron chi connectivity index (χ4n) is 3.13. The maximum atomic E-state index is 12.6. The van der Waals surface area contributed by atoms with Crippen molar-refractivity contribution in [2.75, 3.05) is 6.61 Å². The van der Waals surface area contributed by atoms with Crippen LogP contribution in [0.5, 0.6) is 5.88 Å². The first-order valence-electron chi connectivity index (χ1n) is 10.0. The molecule has 0 unspecified atom stereocenters. The lowest BCUT2D eigenvalue weighted by molar-refractivity contribution is -0.154. The number of ether oxygens (including phenoxy) is 1. The Kier molecular flexibility index (Phi) is 6.92. The average Bonchev–Trinajstić information content (AvgIpc) is 3.48. The molecule has 0 saturated heterocycles. The van der Waals surface area contributed by atoms with Crippen LogP contribution in [0, 0.1) is 19.8 Å². The summed E-state index contributed by atoms with van der Waals surface area (Å²) in [5, 5.41) is 2.77. The molecular formula is C22H24F3N3O3. The maximum absolute atomic E-state index is 12.6. The van der Waals surface area contributed by atoms with Crippen LogP contribution in [0.1, 0.15) is 52.1 Å². The number of pyridine rings is 2. The third-order valence-electron chi connectivity index (χ3n) is 4.88. The molecule has 31 heavy (non-hydrogen) atoms. The molecule has 1 aliphatic rings. The quantitative estimate of drug-likeness (QED) is 0.647. The smallest absolute Gasteiger partial charge is 0.422 e. The Morgan fingerprint density at radius 1 is 1.19 bits per heavy atom. The SMILES string of the molecule is Cc1cc(C(=O)NCc2cnc(OCC(F)(F)F)cc2C)cc(CC(=O)CC2CC2)n1. The molecular weight excluding hydrogens is 411 g/mol. The van der Waals surface area contributed by atoms with Gasteiger partial charge in [0.05, 0.1) is 0 Å². The number of amides is 1. The second-order valence-electron chi connectivity index (χ2n) is 7.89. The summed E-state index contributed by atoms with van der Waals surface area (Å²) in [5.74, 6) is 0.164. The van der Waals surface area contributed by atoms with E-state index in [1.54, 1.807) is 26.0 Å².